The highest BCUT2D eigenvalue weighted by Crippen LogP contribution is 2.20. The normalized spacial score (nSPS) is 20.1. The van der Waals surface area contributed by atoms with Crippen LogP contribution in [0.25, 0.3) is 0 Å². The van der Waals surface area contributed by atoms with Crippen LogP contribution >= 0.6 is 0 Å². The molecule has 1 fully saturated rings. The van der Waals surface area contributed by atoms with Gasteiger partial charge in [-0.2, -0.15) is 0 Å². The summed E-state index contributed by atoms with van der Waals surface area (Å²) >= 11 is 0. The third-order valence-electron chi connectivity index (χ3n) is 3.50. The maximum absolute atomic E-state index is 12.3. The second-order valence-corrected chi connectivity index (χ2v) is 4.82. The van der Waals surface area contributed by atoms with E-state index in [1.807, 2.05) is 4.90 Å². The van der Waals surface area contributed by atoms with E-state index >= 15 is 0 Å². The molecule has 100 valence electrons. The molecule has 2 N–H and O–H groups in total. The summed E-state index contributed by atoms with van der Waals surface area (Å²) in [5.41, 5.74) is 5.87. The zero-order valence-electron chi connectivity index (χ0n) is 10.9. The summed E-state index contributed by atoms with van der Waals surface area (Å²) in [5.74, 6) is 0.623. The molecule has 0 aliphatic carbocycles. The second-order valence-electron chi connectivity index (χ2n) is 4.82. The van der Waals surface area contributed by atoms with Crippen molar-refractivity contribution in [2.24, 2.45) is 11.7 Å². The van der Waals surface area contributed by atoms with Gasteiger partial charge in [-0.25, -0.2) is 0 Å². The van der Waals surface area contributed by atoms with Gasteiger partial charge in [0.05, 0.1) is 12.7 Å². The maximum atomic E-state index is 12.3. The van der Waals surface area contributed by atoms with Crippen molar-refractivity contribution >= 4 is 5.91 Å². The fraction of sp³-hybridized carbons (Fsp3) is 0.750. The molecule has 6 heteroatoms. The van der Waals surface area contributed by atoms with Crippen molar-refractivity contribution in [1.82, 2.24) is 19.9 Å². The average Bonchev–Trinajstić information content (AvgIpc) is 2.87. The lowest BCUT2D eigenvalue weighted by Crippen LogP contribution is -2.39. The van der Waals surface area contributed by atoms with Gasteiger partial charge in [0, 0.05) is 19.6 Å². The third-order valence-corrected chi connectivity index (χ3v) is 3.50. The third kappa shape index (κ3) is 2.87. The van der Waals surface area contributed by atoms with Crippen molar-refractivity contribution in [3.8, 4) is 0 Å². The van der Waals surface area contributed by atoms with Crippen LogP contribution in [0.15, 0.2) is 6.20 Å². The Bertz CT molecular complexity index is 403. The maximum Gasteiger partial charge on any atom is 0.276 e. The van der Waals surface area contributed by atoms with Crippen LogP contribution in [0.5, 0.6) is 0 Å². The minimum Gasteiger partial charge on any atom is -0.337 e. The zero-order chi connectivity index (χ0) is 13.0. The van der Waals surface area contributed by atoms with Crippen molar-refractivity contribution in [2.75, 3.05) is 19.6 Å². The van der Waals surface area contributed by atoms with Gasteiger partial charge in [-0.1, -0.05) is 18.6 Å². The molecule has 0 bridgehead atoms. The van der Waals surface area contributed by atoms with Gasteiger partial charge in [-0.3, -0.25) is 9.48 Å². The van der Waals surface area contributed by atoms with Crippen molar-refractivity contribution in [2.45, 2.75) is 32.7 Å². The lowest BCUT2D eigenvalue weighted by atomic mass is 9.95. The lowest BCUT2D eigenvalue weighted by molar-refractivity contribution is 0.0665. The predicted molar refractivity (Wildman–Crippen MR) is 68.0 cm³/mol. The number of nitrogens with zero attached hydrogens (tertiary/aromatic N) is 4. The van der Waals surface area contributed by atoms with Crippen molar-refractivity contribution in [1.29, 1.82) is 0 Å². The van der Waals surface area contributed by atoms with Crippen LogP contribution in [0.3, 0.4) is 0 Å². The first-order valence-corrected chi connectivity index (χ1v) is 6.64. The molecule has 0 radical (unpaired) electrons. The number of hydrogen-bond acceptors (Lipinski definition) is 4. The van der Waals surface area contributed by atoms with E-state index in [0.29, 0.717) is 24.7 Å². The lowest BCUT2D eigenvalue weighted by Gasteiger charge is -2.31. The van der Waals surface area contributed by atoms with Gasteiger partial charge < -0.3 is 10.6 Å². The van der Waals surface area contributed by atoms with Gasteiger partial charge in [0.15, 0.2) is 5.69 Å². The van der Waals surface area contributed by atoms with Gasteiger partial charge in [0.25, 0.3) is 5.91 Å². The molecular weight excluding hydrogens is 230 g/mol. The zero-order valence-corrected chi connectivity index (χ0v) is 10.9. The molecule has 1 aliphatic heterocycles. The molecule has 0 saturated carbocycles. The molecule has 6 nitrogen and oxygen atoms in total. The molecule has 2 heterocycles. The largest absolute Gasteiger partial charge is 0.337 e. The van der Waals surface area contributed by atoms with E-state index in [9.17, 15) is 4.79 Å². The van der Waals surface area contributed by atoms with E-state index in [1.54, 1.807) is 10.9 Å². The molecule has 1 atom stereocenters. The number of carbonyl (C=O) groups is 1. The Kier molecular flexibility index (Phi) is 4.30. The van der Waals surface area contributed by atoms with E-state index in [1.165, 1.54) is 6.42 Å². The van der Waals surface area contributed by atoms with Gasteiger partial charge in [0.1, 0.15) is 0 Å². The fourth-order valence-electron chi connectivity index (χ4n) is 2.38. The number of hydrogen-bond donors (Lipinski definition) is 1. The Hall–Kier alpha value is -1.43. The molecule has 0 spiro atoms. The van der Waals surface area contributed by atoms with E-state index in [4.69, 9.17) is 5.73 Å². The summed E-state index contributed by atoms with van der Waals surface area (Å²) in [4.78, 5) is 14.2. The number of nitrogens with two attached hydrogens (primary N) is 1. The molecule has 1 saturated heterocycles. The molecule has 1 aromatic rings. The minimum atomic E-state index is -0.00331. The van der Waals surface area contributed by atoms with Crippen molar-refractivity contribution in [3.05, 3.63) is 11.9 Å². The number of rotatable bonds is 4. The molecule has 18 heavy (non-hydrogen) atoms. The first kappa shape index (κ1) is 13.0. The molecule has 1 amide bonds. The fourth-order valence-corrected chi connectivity index (χ4v) is 2.38. The Morgan fingerprint density at radius 3 is 3.17 bits per heavy atom. The highest BCUT2D eigenvalue weighted by molar-refractivity contribution is 5.92. The summed E-state index contributed by atoms with van der Waals surface area (Å²) < 4.78 is 1.62. The highest BCUT2D eigenvalue weighted by atomic mass is 16.2. The average molecular weight is 251 g/mol. The van der Waals surface area contributed by atoms with Crippen LogP contribution in [0, 0.1) is 5.92 Å². The Balaban J connectivity index is 2.00. The summed E-state index contributed by atoms with van der Waals surface area (Å²) in [6.45, 7) is 4.95. The molecule has 1 aromatic heterocycles. The van der Waals surface area contributed by atoms with Crippen LogP contribution in [0.1, 0.15) is 36.7 Å². The topological polar surface area (TPSA) is 77.0 Å². The first-order chi connectivity index (χ1) is 8.74. The number of amides is 1. The van der Waals surface area contributed by atoms with Gasteiger partial charge in [-0.15, -0.1) is 5.10 Å². The Morgan fingerprint density at radius 2 is 2.44 bits per heavy atom. The Labute approximate surface area is 107 Å². The quantitative estimate of drug-likeness (QED) is 0.845. The smallest absolute Gasteiger partial charge is 0.276 e. The molecule has 1 aliphatic rings. The predicted octanol–water partition coefficient (Wildman–Crippen LogP) is 0.499. The van der Waals surface area contributed by atoms with Crippen molar-refractivity contribution < 1.29 is 4.79 Å². The minimum absolute atomic E-state index is 0.00331. The summed E-state index contributed by atoms with van der Waals surface area (Å²) in [6, 6.07) is 0. The van der Waals surface area contributed by atoms with Gasteiger partial charge in [0.2, 0.25) is 0 Å². The molecule has 2 rings (SSSR count). The van der Waals surface area contributed by atoms with E-state index in [-0.39, 0.29) is 5.91 Å². The van der Waals surface area contributed by atoms with Crippen LogP contribution in [0.2, 0.25) is 0 Å². The van der Waals surface area contributed by atoms with Crippen molar-refractivity contribution in [3.63, 3.8) is 0 Å². The summed E-state index contributed by atoms with van der Waals surface area (Å²) in [6.07, 6.45) is 5.12. The van der Waals surface area contributed by atoms with E-state index < -0.39 is 0 Å². The molecular formula is C12H21N5O. The summed E-state index contributed by atoms with van der Waals surface area (Å²) in [7, 11) is 0. The van der Waals surface area contributed by atoms with Crippen LogP contribution in [0.4, 0.5) is 0 Å². The highest BCUT2D eigenvalue weighted by Gasteiger charge is 2.25. The monoisotopic (exact) mass is 251 g/mol. The molecule has 1 unspecified atom stereocenters. The second kappa shape index (κ2) is 5.95. The standard InChI is InChI=1S/C12H21N5O/c1-2-10-4-3-6-16(8-10)12(18)11-9-17(7-5-13)15-14-11/h9-10H,2-8,13H2,1H3. The van der Waals surface area contributed by atoms with E-state index in [2.05, 4.69) is 17.2 Å². The number of likely N-dealkylation sites (tertiary alicyclic amines) is 1. The SMILES string of the molecule is CCC1CCCN(C(=O)c2cn(CCN)nn2)C1. The molecule has 0 aromatic carbocycles. The van der Waals surface area contributed by atoms with Gasteiger partial charge in [-0.05, 0) is 18.8 Å². The number of piperidine rings is 1. The van der Waals surface area contributed by atoms with E-state index in [0.717, 1.165) is 25.9 Å². The van der Waals surface area contributed by atoms with Gasteiger partial charge >= 0.3 is 0 Å². The summed E-state index contributed by atoms with van der Waals surface area (Å²) in [5, 5.41) is 7.83. The van der Waals surface area contributed by atoms with Crippen LogP contribution in [-0.4, -0.2) is 45.4 Å². The first-order valence-electron chi connectivity index (χ1n) is 6.64. The Morgan fingerprint density at radius 1 is 1.61 bits per heavy atom. The van der Waals surface area contributed by atoms with Crippen LogP contribution in [-0.2, 0) is 6.54 Å². The number of aromatic nitrogens is 3. The van der Waals surface area contributed by atoms with Crippen LogP contribution < -0.4 is 5.73 Å². The number of carbonyl (C=O) groups excluding carboxylic acids is 1.